The average Bonchev–Trinajstić information content (AvgIpc) is 2.97. The van der Waals surface area contributed by atoms with E-state index in [-0.39, 0.29) is 6.10 Å². The lowest BCUT2D eigenvalue weighted by molar-refractivity contribution is 0.000785. The topological polar surface area (TPSA) is 25.6 Å². The lowest BCUT2D eigenvalue weighted by Gasteiger charge is -2.30. The summed E-state index contributed by atoms with van der Waals surface area (Å²) in [5.74, 6) is 4.70. The van der Waals surface area contributed by atoms with E-state index >= 15 is 0 Å². The van der Waals surface area contributed by atoms with E-state index in [9.17, 15) is 0 Å². The molecule has 2 aliphatic rings. The highest BCUT2D eigenvalue weighted by atomic mass is 32.2. The average molecular weight is 295 g/mol. The van der Waals surface area contributed by atoms with Gasteiger partial charge in [0.05, 0.1) is 6.54 Å². The van der Waals surface area contributed by atoms with Gasteiger partial charge in [0, 0.05) is 12.6 Å². The molecule has 2 saturated heterocycles. The highest BCUT2D eigenvalue weighted by Gasteiger charge is 2.22. The molecule has 2 aliphatic heterocycles. The third-order valence-corrected chi connectivity index (χ3v) is 5.45. The van der Waals surface area contributed by atoms with Crippen LogP contribution >= 0.6 is 11.8 Å². The van der Waals surface area contributed by atoms with Crippen molar-refractivity contribution in [3.63, 3.8) is 0 Å². The third-order valence-electron chi connectivity index (χ3n) is 4.40. The van der Waals surface area contributed by atoms with E-state index in [1.54, 1.807) is 0 Å². The fraction of sp³-hybridized carbons (Fsp3) is 0.750. The second-order valence-corrected chi connectivity index (χ2v) is 7.14. The first-order valence-corrected chi connectivity index (χ1v) is 8.96. The van der Waals surface area contributed by atoms with Crippen molar-refractivity contribution in [2.75, 3.05) is 25.2 Å². The molecule has 0 unspecified atom stereocenters. The van der Waals surface area contributed by atoms with Crippen molar-refractivity contribution in [2.24, 2.45) is 0 Å². The van der Waals surface area contributed by atoms with Crippen LogP contribution in [0.4, 0.5) is 0 Å². The van der Waals surface area contributed by atoms with Crippen LogP contribution in [0.15, 0.2) is 16.5 Å². The lowest BCUT2D eigenvalue weighted by Crippen LogP contribution is -2.34. The third kappa shape index (κ3) is 3.60. The van der Waals surface area contributed by atoms with Crippen LogP contribution in [0.5, 0.6) is 0 Å². The van der Waals surface area contributed by atoms with Crippen molar-refractivity contribution >= 4 is 11.8 Å². The number of furan rings is 1. The minimum atomic E-state index is 0.189. The summed E-state index contributed by atoms with van der Waals surface area (Å²) >= 11 is 2.08. The molecule has 3 nitrogen and oxygen atoms in total. The van der Waals surface area contributed by atoms with Gasteiger partial charge in [-0.15, -0.1) is 0 Å². The molecule has 1 aromatic heterocycles. The Balaban J connectivity index is 1.56. The molecule has 112 valence electrons. The molecule has 1 atom stereocenters. The molecule has 0 spiro atoms. The number of hydrogen-bond acceptors (Lipinski definition) is 4. The fourth-order valence-corrected chi connectivity index (χ4v) is 4.20. The van der Waals surface area contributed by atoms with Gasteiger partial charge >= 0.3 is 0 Å². The molecular formula is C16H25NO2S. The molecule has 2 fully saturated rings. The minimum absolute atomic E-state index is 0.189. The number of hydrogen-bond donors (Lipinski definition) is 0. The first kappa shape index (κ1) is 14.5. The predicted octanol–water partition coefficient (Wildman–Crippen LogP) is 3.85. The standard InChI is InChI=1S/C16H25NO2S/c1-17(13-7-10-20-11-8-13)12-14-5-6-16(19-14)15-4-2-3-9-18-15/h5-6,13,15H,2-4,7-12H2,1H3/t15-/m1/s1. The van der Waals surface area contributed by atoms with Gasteiger partial charge in [0.2, 0.25) is 0 Å². The summed E-state index contributed by atoms with van der Waals surface area (Å²) in [6, 6.07) is 4.95. The van der Waals surface area contributed by atoms with E-state index in [1.807, 2.05) is 0 Å². The molecule has 0 amide bonds. The molecular weight excluding hydrogens is 270 g/mol. The van der Waals surface area contributed by atoms with Gasteiger partial charge in [0.1, 0.15) is 17.6 Å². The maximum absolute atomic E-state index is 6.01. The Labute approximate surface area is 126 Å². The second-order valence-electron chi connectivity index (χ2n) is 5.92. The number of thioether (sulfide) groups is 1. The zero-order valence-electron chi connectivity index (χ0n) is 12.3. The van der Waals surface area contributed by atoms with Crippen molar-refractivity contribution in [3.05, 3.63) is 23.7 Å². The normalized spacial score (nSPS) is 25.2. The maximum Gasteiger partial charge on any atom is 0.133 e. The van der Waals surface area contributed by atoms with Gasteiger partial charge in [-0.3, -0.25) is 4.90 Å². The molecule has 3 rings (SSSR count). The van der Waals surface area contributed by atoms with Crippen LogP contribution < -0.4 is 0 Å². The van der Waals surface area contributed by atoms with Gasteiger partial charge in [0.25, 0.3) is 0 Å². The molecule has 4 heteroatoms. The fourth-order valence-electron chi connectivity index (χ4n) is 3.12. The van der Waals surface area contributed by atoms with Gasteiger partial charge in [-0.25, -0.2) is 0 Å². The Morgan fingerprint density at radius 3 is 2.80 bits per heavy atom. The van der Waals surface area contributed by atoms with Crippen molar-refractivity contribution in [3.8, 4) is 0 Å². The monoisotopic (exact) mass is 295 g/mol. The van der Waals surface area contributed by atoms with E-state index in [1.165, 1.54) is 37.2 Å². The molecule has 20 heavy (non-hydrogen) atoms. The SMILES string of the molecule is CN(Cc1ccc([C@H]2CCCCO2)o1)C1CCSCC1. The molecule has 0 saturated carbocycles. The zero-order valence-corrected chi connectivity index (χ0v) is 13.2. The van der Waals surface area contributed by atoms with Gasteiger partial charge in [0.15, 0.2) is 0 Å². The Kier molecular flexibility index (Phi) is 5.08. The Hall–Kier alpha value is -0.450. The van der Waals surface area contributed by atoms with Crippen molar-refractivity contribution < 1.29 is 9.15 Å². The molecule has 0 aromatic carbocycles. The van der Waals surface area contributed by atoms with Crippen LogP contribution in [0.3, 0.4) is 0 Å². The van der Waals surface area contributed by atoms with Crippen LogP contribution in [0.25, 0.3) is 0 Å². The molecule has 1 aromatic rings. The van der Waals surface area contributed by atoms with Gasteiger partial charge in [-0.2, -0.15) is 11.8 Å². The second kappa shape index (κ2) is 7.01. The summed E-state index contributed by atoms with van der Waals surface area (Å²) < 4.78 is 11.8. The minimum Gasteiger partial charge on any atom is -0.462 e. The van der Waals surface area contributed by atoms with Crippen LogP contribution in [-0.4, -0.2) is 36.1 Å². The summed E-state index contributed by atoms with van der Waals surface area (Å²) in [4.78, 5) is 2.45. The van der Waals surface area contributed by atoms with Gasteiger partial charge in [-0.1, -0.05) is 0 Å². The van der Waals surface area contributed by atoms with Crippen LogP contribution in [0.1, 0.15) is 49.7 Å². The van der Waals surface area contributed by atoms with E-state index in [0.717, 1.165) is 37.1 Å². The number of rotatable bonds is 4. The Morgan fingerprint density at radius 2 is 2.05 bits per heavy atom. The van der Waals surface area contributed by atoms with Gasteiger partial charge < -0.3 is 9.15 Å². The molecule has 0 radical (unpaired) electrons. The predicted molar refractivity (Wildman–Crippen MR) is 83.1 cm³/mol. The summed E-state index contributed by atoms with van der Waals surface area (Å²) in [7, 11) is 2.22. The van der Waals surface area contributed by atoms with Crippen molar-refractivity contribution in [1.82, 2.24) is 4.90 Å². The largest absolute Gasteiger partial charge is 0.462 e. The Bertz CT molecular complexity index is 408. The van der Waals surface area contributed by atoms with Crippen molar-refractivity contribution in [1.29, 1.82) is 0 Å². The summed E-state index contributed by atoms with van der Waals surface area (Å²) in [5, 5.41) is 0. The van der Waals surface area contributed by atoms with Crippen LogP contribution in [-0.2, 0) is 11.3 Å². The quantitative estimate of drug-likeness (QED) is 0.842. The lowest BCUT2D eigenvalue weighted by atomic mass is 10.1. The van der Waals surface area contributed by atoms with Crippen LogP contribution in [0, 0.1) is 0 Å². The highest BCUT2D eigenvalue weighted by Crippen LogP contribution is 2.30. The zero-order chi connectivity index (χ0) is 13.8. The highest BCUT2D eigenvalue weighted by molar-refractivity contribution is 7.99. The van der Waals surface area contributed by atoms with E-state index < -0.39 is 0 Å². The molecule has 0 N–H and O–H groups in total. The Morgan fingerprint density at radius 1 is 1.20 bits per heavy atom. The van der Waals surface area contributed by atoms with E-state index in [4.69, 9.17) is 9.15 Å². The summed E-state index contributed by atoms with van der Waals surface area (Å²) in [5.41, 5.74) is 0. The summed E-state index contributed by atoms with van der Waals surface area (Å²) in [6.45, 7) is 1.79. The number of nitrogens with zero attached hydrogens (tertiary/aromatic N) is 1. The first-order chi connectivity index (χ1) is 9.83. The van der Waals surface area contributed by atoms with Gasteiger partial charge in [-0.05, 0) is 62.8 Å². The molecule has 0 aliphatic carbocycles. The number of ether oxygens (including phenoxy) is 1. The molecule has 3 heterocycles. The maximum atomic E-state index is 6.01. The van der Waals surface area contributed by atoms with E-state index in [0.29, 0.717) is 0 Å². The van der Waals surface area contributed by atoms with Crippen molar-refractivity contribution in [2.45, 2.75) is 50.8 Å². The first-order valence-electron chi connectivity index (χ1n) is 7.81. The molecule has 0 bridgehead atoms. The smallest absolute Gasteiger partial charge is 0.133 e. The van der Waals surface area contributed by atoms with E-state index in [2.05, 4.69) is 35.8 Å². The summed E-state index contributed by atoms with van der Waals surface area (Å²) in [6.07, 6.45) is 6.34. The van der Waals surface area contributed by atoms with Crippen LogP contribution in [0.2, 0.25) is 0 Å².